The number of hydrogen-bond acceptors (Lipinski definition) is 4. The number of nitrogens with one attached hydrogen (secondary N) is 2. The molecule has 10 heteroatoms. The van der Waals surface area contributed by atoms with Gasteiger partial charge in [0, 0.05) is 18.4 Å². The molecular weight excluding hydrogens is 363 g/mol. The average molecular weight is 377 g/mol. The number of imide groups is 1. The summed E-state index contributed by atoms with van der Waals surface area (Å²) in [7, 11) is 0. The fourth-order valence-corrected chi connectivity index (χ4v) is 5.88. The van der Waals surface area contributed by atoms with Crippen molar-refractivity contribution in [2.45, 2.75) is 30.1 Å². The number of halogens is 3. The molecular formula is C17H14F3N5O2. The van der Waals surface area contributed by atoms with Crippen molar-refractivity contribution in [3.8, 4) is 0 Å². The second-order valence-electron chi connectivity index (χ2n) is 7.81. The van der Waals surface area contributed by atoms with Crippen molar-refractivity contribution >= 4 is 23.3 Å². The Bertz CT molecular complexity index is 1040. The molecule has 4 heterocycles. The molecule has 0 bridgehead atoms. The van der Waals surface area contributed by atoms with E-state index < -0.39 is 23.3 Å². The fraction of sp³-hybridized carbons (Fsp3) is 0.471. The van der Waals surface area contributed by atoms with Crippen molar-refractivity contribution in [2.75, 3.05) is 11.4 Å². The van der Waals surface area contributed by atoms with Gasteiger partial charge in [-0.15, -0.1) is 0 Å². The zero-order chi connectivity index (χ0) is 18.8. The molecule has 2 aromatic heterocycles. The van der Waals surface area contributed by atoms with Crippen LogP contribution in [-0.2, 0) is 11.0 Å². The van der Waals surface area contributed by atoms with Crippen LogP contribution in [0.3, 0.4) is 0 Å². The number of piperidine rings is 1. The van der Waals surface area contributed by atoms with Crippen LogP contribution in [0.2, 0.25) is 0 Å². The molecule has 0 radical (unpaired) electrons. The van der Waals surface area contributed by atoms with Gasteiger partial charge in [-0.3, -0.25) is 14.5 Å². The minimum absolute atomic E-state index is 0.0942. The van der Waals surface area contributed by atoms with E-state index >= 15 is 0 Å². The lowest BCUT2D eigenvalue weighted by Crippen LogP contribution is -2.96. The Morgan fingerprint density at radius 1 is 1.22 bits per heavy atom. The monoisotopic (exact) mass is 377 g/mol. The summed E-state index contributed by atoms with van der Waals surface area (Å²) >= 11 is 0. The summed E-state index contributed by atoms with van der Waals surface area (Å²) in [4.78, 5) is 30.0. The third-order valence-corrected chi connectivity index (χ3v) is 7.04. The number of alkyl halides is 3. The molecule has 4 atom stereocenters. The number of imidazole rings is 1. The van der Waals surface area contributed by atoms with Crippen molar-refractivity contribution in [2.24, 2.45) is 11.8 Å². The molecule has 0 aromatic carbocycles. The van der Waals surface area contributed by atoms with E-state index in [0.29, 0.717) is 17.9 Å². The summed E-state index contributed by atoms with van der Waals surface area (Å²) in [5, 5.41) is 5.10. The summed E-state index contributed by atoms with van der Waals surface area (Å²) in [6.07, 6.45) is -0.00590. The van der Waals surface area contributed by atoms with Crippen LogP contribution in [0.25, 0.3) is 5.52 Å². The molecule has 2 aliphatic heterocycles. The Balaban J connectivity index is 1.44. The topological polar surface area (TPSA) is 78.7 Å². The van der Waals surface area contributed by atoms with E-state index in [1.807, 2.05) is 4.90 Å². The van der Waals surface area contributed by atoms with Gasteiger partial charge in [0.15, 0.2) is 0 Å². The van der Waals surface area contributed by atoms with E-state index in [1.165, 1.54) is 12.5 Å². The number of pyridine rings is 1. The number of nitrogens with zero attached hydrogens (tertiary/aromatic N) is 3. The number of urea groups is 1. The molecule has 3 amide bonds. The van der Waals surface area contributed by atoms with Crippen molar-refractivity contribution in [3.63, 3.8) is 0 Å². The van der Waals surface area contributed by atoms with Crippen LogP contribution in [0.1, 0.15) is 18.4 Å². The highest BCUT2D eigenvalue weighted by atomic mass is 19.4. The molecule has 2 aliphatic carbocycles. The molecule has 2 N–H and O–H groups in total. The molecule has 7 nitrogen and oxygen atoms in total. The van der Waals surface area contributed by atoms with Gasteiger partial charge in [0.2, 0.25) is 0 Å². The Labute approximate surface area is 150 Å². The second kappa shape index (κ2) is 4.20. The minimum Gasteiger partial charge on any atom is -0.351 e. The zero-order valence-corrected chi connectivity index (χ0v) is 13.9. The summed E-state index contributed by atoms with van der Waals surface area (Å²) in [5.74, 6) is -0.0706. The van der Waals surface area contributed by atoms with Gasteiger partial charge >= 0.3 is 12.2 Å². The smallest absolute Gasteiger partial charge is 0.351 e. The number of carbonyl (C=O) groups excluding carboxylic acids is 2. The van der Waals surface area contributed by atoms with Gasteiger partial charge in [-0.1, -0.05) is 0 Å². The van der Waals surface area contributed by atoms with Crippen LogP contribution in [-0.4, -0.2) is 38.9 Å². The summed E-state index contributed by atoms with van der Waals surface area (Å²) in [5.41, 5.74) is -1.61. The van der Waals surface area contributed by atoms with Gasteiger partial charge in [-0.2, -0.15) is 13.2 Å². The predicted octanol–water partition coefficient (Wildman–Crippen LogP) is 1.53. The van der Waals surface area contributed by atoms with Crippen molar-refractivity contribution in [1.29, 1.82) is 0 Å². The molecule has 2 saturated carbocycles. The van der Waals surface area contributed by atoms with Gasteiger partial charge in [-0.25, -0.2) is 9.78 Å². The maximum atomic E-state index is 13.3. The van der Waals surface area contributed by atoms with Crippen LogP contribution >= 0.6 is 0 Å². The zero-order valence-electron chi connectivity index (χ0n) is 13.9. The van der Waals surface area contributed by atoms with Gasteiger partial charge < -0.3 is 10.2 Å². The molecule has 4 aliphatic rings. The quantitative estimate of drug-likeness (QED) is 0.739. The third-order valence-electron chi connectivity index (χ3n) is 7.04. The molecule has 6 rings (SSSR count). The fourth-order valence-electron chi connectivity index (χ4n) is 5.88. The number of carbonyl (C=O) groups is 2. The number of anilines is 1. The van der Waals surface area contributed by atoms with Gasteiger partial charge in [0.25, 0.3) is 5.91 Å². The lowest BCUT2D eigenvalue weighted by molar-refractivity contribution is -0.202. The van der Waals surface area contributed by atoms with E-state index in [2.05, 4.69) is 15.6 Å². The van der Waals surface area contributed by atoms with Gasteiger partial charge in [-0.05, 0) is 25.0 Å². The maximum Gasteiger partial charge on any atom is 0.416 e. The number of amides is 3. The standard InChI is InChI=1S/C17H14F3N5O2/c18-17(19,20)8-3-9-5-21-7-24(9)12(4-8)25-6-11-15(25)2-1-10(15)16(11)13(26)22-14(27)23-16/h3-5,7,10-11H,1-2,6H2,(H2,22,23,26,27). The number of hydrogen-bond donors (Lipinski definition) is 2. The van der Waals surface area contributed by atoms with Crippen LogP contribution in [0.5, 0.6) is 0 Å². The van der Waals surface area contributed by atoms with E-state index in [-0.39, 0.29) is 23.3 Å². The van der Waals surface area contributed by atoms with Crippen LogP contribution in [0, 0.1) is 11.8 Å². The normalized spacial score (nSPS) is 36.5. The third kappa shape index (κ3) is 1.47. The van der Waals surface area contributed by atoms with Crippen molar-refractivity contribution < 1.29 is 22.8 Å². The summed E-state index contributed by atoms with van der Waals surface area (Å²) in [6, 6.07) is 1.74. The van der Waals surface area contributed by atoms with Crippen LogP contribution < -0.4 is 15.5 Å². The van der Waals surface area contributed by atoms with E-state index in [9.17, 15) is 22.8 Å². The summed E-state index contributed by atoms with van der Waals surface area (Å²) in [6.45, 7) is 0.415. The molecule has 2 saturated heterocycles. The largest absolute Gasteiger partial charge is 0.416 e. The van der Waals surface area contributed by atoms with Gasteiger partial charge in [0.05, 0.1) is 22.8 Å². The number of rotatable bonds is 1. The van der Waals surface area contributed by atoms with Crippen LogP contribution in [0.4, 0.5) is 23.8 Å². The lowest BCUT2D eigenvalue weighted by atomic mass is 9.33. The Morgan fingerprint density at radius 3 is 2.63 bits per heavy atom. The van der Waals surface area contributed by atoms with E-state index in [4.69, 9.17) is 0 Å². The maximum absolute atomic E-state index is 13.3. The average Bonchev–Trinajstić information content (AvgIpc) is 3.09. The number of fused-ring (bicyclic) bond motifs is 3. The van der Waals surface area contributed by atoms with E-state index in [1.54, 1.807) is 4.40 Å². The molecule has 2 spiro atoms. The Morgan fingerprint density at radius 2 is 2.04 bits per heavy atom. The van der Waals surface area contributed by atoms with Crippen molar-refractivity contribution in [1.82, 2.24) is 20.0 Å². The molecule has 27 heavy (non-hydrogen) atoms. The first-order chi connectivity index (χ1) is 12.8. The second-order valence-corrected chi connectivity index (χ2v) is 7.81. The number of aromatic nitrogens is 2. The highest BCUT2D eigenvalue weighted by Gasteiger charge is 2.86. The SMILES string of the molecule is O=C1NC(=O)C2(N1)C1CCC13C2CN3c1cc(C(F)(F)F)cc2cncn12. The van der Waals surface area contributed by atoms with Gasteiger partial charge in [0.1, 0.15) is 17.7 Å². The molecule has 4 unspecified atom stereocenters. The van der Waals surface area contributed by atoms with E-state index in [0.717, 1.165) is 25.0 Å². The lowest BCUT2D eigenvalue weighted by Gasteiger charge is -2.82. The Kier molecular flexibility index (Phi) is 2.38. The highest BCUT2D eigenvalue weighted by molar-refractivity contribution is 6.09. The van der Waals surface area contributed by atoms with Crippen LogP contribution in [0.15, 0.2) is 24.7 Å². The highest BCUT2D eigenvalue weighted by Crippen LogP contribution is 2.72. The molecule has 2 aromatic rings. The molecule has 140 valence electrons. The first-order valence-corrected chi connectivity index (χ1v) is 8.73. The first kappa shape index (κ1) is 15.3. The Hall–Kier alpha value is -2.78. The summed E-state index contributed by atoms with van der Waals surface area (Å²) < 4.78 is 41.7. The minimum atomic E-state index is -4.46. The first-order valence-electron chi connectivity index (χ1n) is 8.73. The molecule has 4 fully saturated rings. The van der Waals surface area contributed by atoms with Crippen molar-refractivity contribution in [3.05, 3.63) is 30.2 Å². The predicted molar refractivity (Wildman–Crippen MR) is 85.9 cm³/mol.